The zero-order chi connectivity index (χ0) is 17.5. The Morgan fingerprint density at radius 2 is 1.96 bits per heavy atom. The summed E-state index contributed by atoms with van der Waals surface area (Å²) in [7, 11) is 5.11. The molecule has 0 aliphatic heterocycles. The third-order valence-corrected chi connectivity index (χ3v) is 2.92. The van der Waals surface area contributed by atoms with Crippen molar-refractivity contribution in [1.82, 2.24) is 15.2 Å². The van der Waals surface area contributed by atoms with Gasteiger partial charge >= 0.3 is 12.2 Å². The van der Waals surface area contributed by atoms with E-state index in [1.807, 2.05) is 19.0 Å². The molecule has 1 rings (SSSR count). The molecule has 1 aromatic rings. The third kappa shape index (κ3) is 8.24. The molecule has 23 heavy (non-hydrogen) atoms. The molecule has 0 radical (unpaired) electrons. The number of urea groups is 1. The van der Waals surface area contributed by atoms with Gasteiger partial charge < -0.3 is 15.5 Å². The molecule has 2 amide bonds. The number of carbonyl (C=O) groups excluding carboxylic acids is 1. The molecule has 0 spiro atoms. The molecule has 0 bridgehead atoms. The monoisotopic (exact) mass is 333 g/mol. The number of hydrogen-bond donors (Lipinski definition) is 2. The number of alkyl halides is 3. The molecule has 0 aliphatic carbocycles. The van der Waals surface area contributed by atoms with E-state index in [1.165, 1.54) is 18.1 Å². The minimum atomic E-state index is -4.20. The van der Waals surface area contributed by atoms with Gasteiger partial charge in [0.15, 0.2) is 0 Å². The number of amides is 2. The molecule has 6 nitrogen and oxygen atoms in total. The Bertz CT molecular complexity index is 490. The standard InChI is InChI=1S/C14H22F3N5O/c1-21(2)12-6-5-11(9-19-12)20-13(23)18-7-4-8-22(3)10-14(15,16)17/h5-6,9H,4,7-8,10H2,1-3H3,(H2,18,20,23). The number of nitrogens with zero attached hydrogens (tertiary/aromatic N) is 3. The highest BCUT2D eigenvalue weighted by molar-refractivity contribution is 5.89. The summed E-state index contributed by atoms with van der Waals surface area (Å²) in [5, 5.41) is 5.20. The van der Waals surface area contributed by atoms with Gasteiger partial charge in [0.25, 0.3) is 0 Å². The fourth-order valence-corrected chi connectivity index (χ4v) is 1.84. The Hall–Kier alpha value is -2.03. The van der Waals surface area contributed by atoms with Gasteiger partial charge in [0.05, 0.1) is 18.4 Å². The SMILES string of the molecule is CN(CCCNC(=O)Nc1ccc(N(C)C)nc1)CC(F)(F)F. The van der Waals surface area contributed by atoms with Crippen LogP contribution in [-0.4, -0.2) is 62.9 Å². The van der Waals surface area contributed by atoms with Crippen molar-refractivity contribution in [1.29, 1.82) is 0 Å². The zero-order valence-electron chi connectivity index (χ0n) is 13.4. The van der Waals surface area contributed by atoms with Crippen LogP contribution in [0.25, 0.3) is 0 Å². The average Bonchev–Trinajstić information content (AvgIpc) is 2.42. The van der Waals surface area contributed by atoms with Crippen LogP contribution >= 0.6 is 0 Å². The lowest BCUT2D eigenvalue weighted by Crippen LogP contribution is -2.34. The lowest BCUT2D eigenvalue weighted by Gasteiger charge is -2.18. The Kier molecular flexibility index (Phi) is 7.08. The first-order valence-electron chi connectivity index (χ1n) is 7.11. The van der Waals surface area contributed by atoms with Crippen molar-refractivity contribution in [3.63, 3.8) is 0 Å². The fraction of sp³-hybridized carbons (Fsp3) is 0.571. The van der Waals surface area contributed by atoms with E-state index in [2.05, 4.69) is 15.6 Å². The van der Waals surface area contributed by atoms with Crippen LogP contribution in [0.1, 0.15) is 6.42 Å². The maximum atomic E-state index is 12.1. The van der Waals surface area contributed by atoms with E-state index in [1.54, 1.807) is 12.1 Å². The zero-order valence-corrected chi connectivity index (χ0v) is 13.4. The molecule has 0 saturated carbocycles. The van der Waals surface area contributed by atoms with Crippen LogP contribution < -0.4 is 15.5 Å². The van der Waals surface area contributed by atoms with Gasteiger partial charge in [0.1, 0.15) is 5.82 Å². The lowest BCUT2D eigenvalue weighted by molar-refractivity contribution is -0.143. The topological polar surface area (TPSA) is 60.5 Å². The number of nitrogens with one attached hydrogen (secondary N) is 2. The van der Waals surface area contributed by atoms with Crippen LogP contribution in [0.5, 0.6) is 0 Å². The van der Waals surface area contributed by atoms with Crippen molar-refractivity contribution < 1.29 is 18.0 Å². The molecule has 0 saturated heterocycles. The van der Waals surface area contributed by atoms with E-state index >= 15 is 0 Å². The summed E-state index contributed by atoms with van der Waals surface area (Å²) in [6.45, 7) is -0.417. The summed E-state index contributed by atoms with van der Waals surface area (Å²) < 4.78 is 36.4. The molecule has 130 valence electrons. The minimum Gasteiger partial charge on any atom is -0.363 e. The van der Waals surface area contributed by atoms with Gasteiger partial charge in [-0.3, -0.25) is 4.90 Å². The molecule has 0 aromatic carbocycles. The smallest absolute Gasteiger partial charge is 0.363 e. The second-order valence-corrected chi connectivity index (χ2v) is 5.39. The molecule has 0 atom stereocenters. The summed E-state index contributed by atoms with van der Waals surface area (Å²) in [4.78, 5) is 18.8. The summed E-state index contributed by atoms with van der Waals surface area (Å²) >= 11 is 0. The number of carbonyl (C=O) groups is 1. The van der Waals surface area contributed by atoms with E-state index in [9.17, 15) is 18.0 Å². The van der Waals surface area contributed by atoms with Crippen LogP contribution in [0.4, 0.5) is 29.5 Å². The number of halogens is 3. The van der Waals surface area contributed by atoms with Crippen LogP contribution in [0.2, 0.25) is 0 Å². The molecule has 2 N–H and O–H groups in total. The van der Waals surface area contributed by atoms with E-state index in [4.69, 9.17) is 0 Å². The fourth-order valence-electron chi connectivity index (χ4n) is 1.84. The average molecular weight is 333 g/mol. The van der Waals surface area contributed by atoms with Crippen molar-refractivity contribution in [2.75, 3.05) is 51.0 Å². The largest absolute Gasteiger partial charge is 0.401 e. The Morgan fingerprint density at radius 3 is 2.48 bits per heavy atom. The lowest BCUT2D eigenvalue weighted by atomic mass is 10.3. The second kappa shape index (κ2) is 8.56. The predicted octanol–water partition coefficient (Wildman–Crippen LogP) is 2.15. The van der Waals surface area contributed by atoms with Gasteiger partial charge in [0.2, 0.25) is 0 Å². The minimum absolute atomic E-state index is 0.249. The molecule has 1 aromatic heterocycles. The van der Waals surface area contributed by atoms with Gasteiger partial charge in [-0.1, -0.05) is 0 Å². The first-order valence-corrected chi connectivity index (χ1v) is 7.11. The number of rotatable bonds is 7. The molecular formula is C14H22F3N5O. The van der Waals surface area contributed by atoms with E-state index < -0.39 is 18.8 Å². The van der Waals surface area contributed by atoms with Gasteiger partial charge in [0, 0.05) is 20.6 Å². The number of anilines is 2. The Balaban J connectivity index is 2.24. The highest BCUT2D eigenvalue weighted by Gasteiger charge is 2.28. The van der Waals surface area contributed by atoms with Crippen molar-refractivity contribution in [3.8, 4) is 0 Å². The van der Waals surface area contributed by atoms with Crippen molar-refractivity contribution >= 4 is 17.5 Å². The van der Waals surface area contributed by atoms with Crippen LogP contribution in [0.3, 0.4) is 0 Å². The normalized spacial score (nSPS) is 11.4. The summed E-state index contributed by atoms with van der Waals surface area (Å²) in [5.41, 5.74) is 0.544. The molecule has 0 fully saturated rings. The van der Waals surface area contributed by atoms with E-state index in [0.717, 1.165) is 5.82 Å². The predicted molar refractivity (Wildman–Crippen MR) is 83.8 cm³/mol. The highest BCUT2D eigenvalue weighted by atomic mass is 19.4. The molecule has 0 aliphatic rings. The first kappa shape index (κ1) is 19.0. The number of hydrogen-bond acceptors (Lipinski definition) is 4. The van der Waals surface area contributed by atoms with Crippen molar-refractivity contribution in [3.05, 3.63) is 18.3 Å². The van der Waals surface area contributed by atoms with E-state index in [0.29, 0.717) is 12.1 Å². The summed E-state index contributed by atoms with van der Waals surface area (Å²) in [5.74, 6) is 0.767. The van der Waals surface area contributed by atoms with Crippen LogP contribution in [0, 0.1) is 0 Å². The van der Waals surface area contributed by atoms with Crippen LogP contribution in [0.15, 0.2) is 18.3 Å². The maximum absolute atomic E-state index is 12.1. The maximum Gasteiger partial charge on any atom is 0.401 e. The molecule has 9 heteroatoms. The molecule has 0 unspecified atom stereocenters. The number of aromatic nitrogens is 1. The van der Waals surface area contributed by atoms with Gasteiger partial charge in [-0.25, -0.2) is 9.78 Å². The van der Waals surface area contributed by atoms with E-state index in [-0.39, 0.29) is 13.1 Å². The van der Waals surface area contributed by atoms with Crippen LogP contribution in [-0.2, 0) is 0 Å². The van der Waals surface area contributed by atoms with Gasteiger partial charge in [-0.15, -0.1) is 0 Å². The highest BCUT2D eigenvalue weighted by Crippen LogP contribution is 2.15. The first-order chi connectivity index (χ1) is 10.7. The summed E-state index contributed by atoms with van der Waals surface area (Å²) in [6, 6.07) is 3.07. The molecule has 1 heterocycles. The number of pyridine rings is 1. The summed E-state index contributed by atoms with van der Waals surface area (Å²) in [6.07, 6.45) is -2.24. The van der Waals surface area contributed by atoms with Crippen molar-refractivity contribution in [2.24, 2.45) is 0 Å². The van der Waals surface area contributed by atoms with Gasteiger partial charge in [-0.05, 0) is 32.1 Å². The third-order valence-electron chi connectivity index (χ3n) is 2.92. The second-order valence-electron chi connectivity index (χ2n) is 5.39. The van der Waals surface area contributed by atoms with Crippen molar-refractivity contribution in [2.45, 2.75) is 12.6 Å². The molecular weight excluding hydrogens is 311 g/mol. The van der Waals surface area contributed by atoms with Gasteiger partial charge in [-0.2, -0.15) is 13.2 Å². The Morgan fingerprint density at radius 1 is 1.26 bits per heavy atom. The quantitative estimate of drug-likeness (QED) is 0.751. The Labute approximate surface area is 133 Å².